The van der Waals surface area contributed by atoms with Crippen LogP contribution in [0.5, 0.6) is 0 Å². The lowest BCUT2D eigenvalue weighted by molar-refractivity contribution is -0.146. The number of furan rings is 1. The summed E-state index contributed by atoms with van der Waals surface area (Å²) < 4.78 is 12.0. The van der Waals surface area contributed by atoms with Crippen molar-refractivity contribution in [2.24, 2.45) is 10.9 Å². The minimum Gasteiger partial charge on any atom is -0.469 e. The molecule has 2 aromatic heterocycles. The monoisotopic (exact) mass is 412 g/mol. The number of rotatable bonds is 4. The number of aromatic nitrogens is 1. The van der Waals surface area contributed by atoms with Crippen LogP contribution in [0.15, 0.2) is 45.8 Å². The highest BCUT2D eigenvalue weighted by Gasteiger charge is 2.27. The average molecular weight is 413 g/mol. The highest BCUT2D eigenvalue weighted by Crippen LogP contribution is 2.31. The Bertz CT molecular complexity index is 985. The maximum atomic E-state index is 11.7. The van der Waals surface area contributed by atoms with Crippen molar-refractivity contribution in [3.63, 3.8) is 0 Å². The Labute approximate surface area is 173 Å². The van der Waals surface area contributed by atoms with E-state index >= 15 is 0 Å². The maximum Gasteiger partial charge on any atom is 0.308 e. The number of nitrogens with one attached hydrogen (secondary N) is 1. The lowest BCUT2D eigenvalue weighted by Gasteiger charge is -2.33. The molecule has 0 aliphatic carbocycles. The smallest absolute Gasteiger partial charge is 0.308 e. The van der Waals surface area contributed by atoms with Gasteiger partial charge in [-0.15, -0.1) is 11.3 Å². The van der Waals surface area contributed by atoms with Gasteiger partial charge in [-0.2, -0.15) is 0 Å². The molecular formula is C21H24N4O3S. The minimum absolute atomic E-state index is 0.0178. The van der Waals surface area contributed by atoms with Crippen molar-refractivity contribution in [3.05, 3.63) is 42.2 Å². The molecule has 1 N–H and O–H groups in total. The molecule has 0 atom stereocenters. The minimum atomic E-state index is -0.120. The molecule has 3 aromatic rings. The number of ether oxygens (including phenoxy) is 1. The molecule has 1 saturated heterocycles. The second kappa shape index (κ2) is 8.65. The Balaban J connectivity index is 1.36. The lowest BCUT2D eigenvalue weighted by atomic mass is 9.97. The largest absolute Gasteiger partial charge is 0.469 e. The van der Waals surface area contributed by atoms with Gasteiger partial charge in [0.2, 0.25) is 0 Å². The zero-order valence-corrected chi connectivity index (χ0v) is 17.4. The highest BCUT2D eigenvalue weighted by molar-refractivity contribution is 7.21. The maximum absolute atomic E-state index is 11.7. The molecule has 7 nitrogen and oxygen atoms in total. The third kappa shape index (κ3) is 4.27. The van der Waals surface area contributed by atoms with Crippen molar-refractivity contribution < 1.29 is 13.9 Å². The Morgan fingerprint density at radius 3 is 2.83 bits per heavy atom. The molecule has 3 heterocycles. The summed E-state index contributed by atoms with van der Waals surface area (Å²) in [5, 5.41) is 4.24. The van der Waals surface area contributed by atoms with E-state index in [0.717, 1.165) is 58.6 Å². The normalized spacial score (nSPS) is 15.7. The number of para-hydroxylation sites is 1. The number of guanidine groups is 1. The number of carbonyl (C=O) groups is 1. The molecule has 1 aromatic carbocycles. The van der Waals surface area contributed by atoms with Crippen LogP contribution in [0.25, 0.3) is 21.0 Å². The van der Waals surface area contributed by atoms with Crippen LogP contribution < -0.4 is 5.32 Å². The first kappa shape index (κ1) is 19.4. The fourth-order valence-electron chi connectivity index (χ4n) is 3.56. The Hall–Kier alpha value is -2.87. The zero-order valence-electron chi connectivity index (χ0n) is 16.6. The summed E-state index contributed by atoms with van der Waals surface area (Å²) in [5.41, 5.74) is 0.985. The van der Waals surface area contributed by atoms with Crippen LogP contribution in [0.2, 0.25) is 0 Å². The molecule has 8 heteroatoms. The molecule has 4 rings (SSSR count). The van der Waals surface area contributed by atoms with Gasteiger partial charge >= 0.3 is 5.97 Å². The summed E-state index contributed by atoms with van der Waals surface area (Å²) >= 11 is 1.62. The van der Waals surface area contributed by atoms with Crippen LogP contribution in [0, 0.1) is 5.92 Å². The average Bonchev–Trinajstić information content (AvgIpc) is 3.41. The molecule has 29 heavy (non-hydrogen) atoms. The number of nitrogens with zero attached hydrogens (tertiary/aromatic N) is 3. The van der Waals surface area contributed by atoms with Gasteiger partial charge in [0.05, 0.1) is 29.8 Å². The molecule has 0 radical (unpaired) electrons. The van der Waals surface area contributed by atoms with Gasteiger partial charge in [-0.05, 0) is 37.1 Å². The van der Waals surface area contributed by atoms with Gasteiger partial charge in [0.15, 0.2) is 16.7 Å². The van der Waals surface area contributed by atoms with E-state index < -0.39 is 0 Å². The van der Waals surface area contributed by atoms with E-state index in [1.54, 1.807) is 18.4 Å². The SMILES string of the molecule is CN=C(NCc1ccc(-c2nc3ccccc3s2)o1)N1CCC(C(=O)OC)CC1. The van der Waals surface area contributed by atoms with Gasteiger partial charge in [-0.1, -0.05) is 12.1 Å². The molecule has 152 valence electrons. The summed E-state index contributed by atoms with van der Waals surface area (Å²) in [6.07, 6.45) is 1.55. The van der Waals surface area contributed by atoms with Crippen molar-refractivity contribution in [2.45, 2.75) is 19.4 Å². The molecule has 0 saturated carbocycles. The first-order chi connectivity index (χ1) is 14.2. The van der Waals surface area contributed by atoms with E-state index in [1.165, 1.54) is 7.11 Å². The van der Waals surface area contributed by atoms with Gasteiger partial charge in [-0.3, -0.25) is 9.79 Å². The van der Waals surface area contributed by atoms with Gasteiger partial charge in [0, 0.05) is 20.1 Å². The molecular weight excluding hydrogens is 388 g/mol. The molecule has 1 aliphatic rings. The van der Waals surface area contributed by atoms with E-state index in [2.05, 4.69) is 26.3 Å². The number of hydrogen-bond donors (Lipinski definition) is 1. The number of carbonyl (C=O) groups excluding carboxylic acids is 1. The van der Waals surface area contributed by atoms with Crippen molar-refractivity contribution in [2.75, 3.05) is 27.2 Å². The Morgan fingerprint density at radius 2 is 2.10 bits per heavy atom. The molecule has 1 aliphatic heterocycles. The van der Waals surface area contributed by atoms with E-state index in [-0.39, 0.29) is 11.9 Å². The zero-order chi connectivity index (χ0) is 20.2. The second-order valence-electron chi connectivity index (χ2n) is 6.94. The predicted molar refractivity (Wildman–Crippen MR) is 114 cm³/mol. The molecule has 0 spiro atoms. The second-order valence-corrected chi connectivity index (χ2v) is 7.97. The van der Waals surface area contributed by atoms with Crippen molar-refractivity contribution >= 4 is 33.5 Å². The Morgan fingerprint density at radius 1 is 1.31 bits per heavy atom. The number of methoxy groups -OCH3 is 1. The molecule has 0 bridgehead atoms. The van der Waals surface area contributed by atoms with E-state index in [9.17, 15) is 4.79 Å². The van der Waals surface area contributed by atoms with Crippen LogP contribution >= 0.6 is 11.3 Å². The van der Waals surface area contributed by atoms with Gasteiger partial charge < -0.3 is 19.4 Å². The number of thiazole rings is 1. The van der Waals surface area contributed by atoms with Crippen molar-refractivity contribution in [1.29, 1.82) is 0 Å². The summed E-state index contributed by atoms with van der Waals surface area (Å²) in [4.78, 5) is 22.9. The molecule has 1 fully saturated rings. The highest BCUT2D eigenvalue weighted by atomic mass is 32.1. The number of benzene rings is 1. The predicted octanol–water partition coefficient (Wildman–Crippen LogP) is 3.52. The van der Waals surface area contributed by atoms with E-state index in [4.69, 9.17) is 9.15 Å². The summed E-state index contributed by atoms with van der Waals surface area (Å²) in [6, 6.07) is 12.0. The van der Waals surface area contributed by atoms with Gasteiger partial charge in [0.1, 0.15) is 5.76 Å². The first-order valence-corrected chi connectivity index (χ1v) is 10.5. The summed E-state index contributed by atoms with van der Waals surface area (Å²) in [7, 11) is 3.21. The van der Waals surface area contributed by atoms with Crippen molar-refractivity contribution in [1.82, 2.24) is 15.2 Å². The topological polar surface area (TPSA) is 80.0 Å². The van der Waals surface area contributed by atoms with Gasteiger partial charge in [0.25, 0.3) is 0 Å². The molecule has 0 unspecified atom stereocenters. The van der Waals surface area contributed by atoms with E-state index in [0.29, 0.717) is 6.54 Å². The third-order valence-corrected chi connectivity index (χ3v) is 6.18. The van der Waals surface area contributed by atoms with Gasteiger partial charge in [-0.25, -0.2) is 4.98 Å². The van der Waals surface area contributed by atoms with E-state index in [1.807, 2.05) is 30.3 Å². The summed E-state index contributed by atoms with van der Waals surface area (Å²) in [6.45, 7) is 2.08. The number of fused-ring (bicyclic) bond motifs is 1. The number of hydrogen-bond acceptors (Lipinski definition) is 6. The fourth-order valence-corrected chi connectivity index (χ4v) is 4.49. The number of likely N-dealkylation sites (tertiary alicyclic amines) is 1. The first-order valence-electron chi connectivity index (χ1n) is 9.66. The fraction of sp³-hybridized carbons (Fsp3) is 0.381. The third-order valence-electron chi connectivity index (χ3n) is 5.13. The number of aliphatic imine (C=N–C) groups is 1. The number of esters is 1. The van der Waals surface area contributed by atoms with Crippen LogP contribution in [0.3, 0.4) is 0 Å². The van der Waals surface area contributed by atoms with Crippen molar-refractivity contribution in [3.8, 4) is 10.8 Å². The Kier molecular flexibility index (Phi) is 5.80. The summed E-state index contributed by atoms with van der Waals surface area (Å²) in [5.74, 6) is 2.27. The number of piperidine rings is 1. The van der Waals surface area contributed by atoms with Crippen LogP contribution in [0.1, 0.15) is 18.6 Å². The van der Waals surface area contributed by atoms with Crippen LogP contribution in [0.4, 0.5) is 0 Å². The quantitative estimate of drug-likeness (QED) is 0.401. The standard InChI is InChI=1S/C21H24N4O3S/c1-22-21(25-11-9-14(10-12-25)20(26)27-2)23-13-15-7-8-17(28-15)19-24-16-5-3-4-6-18(16)29-19/h3-8,14H,9-13H2,1-2H3,(H,22,23). The lowest BCUT2D eigenvalue weighted by Crippen LogP contribution is -2.46. The molecule has 0 amide bonds. The van der Waals surface area contributed by atoms with Crippen LogP contribution in [-0.4, -0.2) is 49.1 Å². The van der Waals surface area contributed by atoms with Crippen LogP contribution in [-0.2, 0) is 16.1 Å².